The number of ether oxygens (including phenoxy) is 2. The monoisotopic (exact) mass is 487 g/mol. The molecule has 3 aromatic rings. The van der Waals surface area contributed by atoms with Gasteiger partial charge in [0.1, 0.15) is 23.3 Å². The Hall–Kier alpha value is -2.54. The van der Waals surface area contributed by atoms with E-state index < -0.39 is 11.9 Å². The minimum absolute atomic E-state index is 0.0552. The molecule has 3 N–H and O–H groups in total. The highest BCUT2D eigenvalue weighted by molar-refractivity contribution is 6.36. The van der Waals surface area contributed by atoms with Gasteiger partial charge in [0.05, 0.1) is 5.02 Å². The summed E-state index contributed by atoms with van der Waals surface area (Å²) < 4.78 is 26.4. The van der Waals surface area contributed by atoms with Gasteiger partial charge in [-0.1, -0.05) is 23.2 Å². The van der Waals surface area contributed by atoms with Crippen molar-refractivity contribution in [3.63, 3.8) is 0 Å². The first-order chi connectivity index (χ1) is 15.8. The zero-order valence-corrected chi connectivity index (χ0v) is 19.9. The number of aryl methyl sites for hydroxylation is 2. The first-order valence-electron chi connectivity index (χ1n) is 10.9. The first kappa shape index (κ1) is 22.3. The van der Waals surface area contributed by atoms with E-state index in [2.05, 4.69) is 22.4 Å². The van der Waals surface area contributed by atoms with Gasteiger partial charge in [0.2, 0.25) is 0 Å². The van der Waals surface area contributed by atoms with Crippen LogP contribution in [-0.2, 0) is 6.42 Å². The van der Waals surface area contributed by atoms with Crippen LogP contribution >= 0.6 is 23.2 Å². The molecule has 0 amide bonds. The van der Waals surface area contributed by atoms with E-state index in [9.17, 15) is 4.39 Å². The highest BCUT2D eigenvalue weighted by Gasteiger charge is 2.42. The van der Waals surface area contributed by atoms with Gasteiger partial charge in [-0.3, -0.25) is 0 Å². The first-order valence-corrected chi connectivity index (χ1v) is 11.6. The zero-order chi connectivity index (χ0) is 23.3. The van der Waals surface area contributed by atoms with Gasteiger partial charge >= 0.3 is 0 Å². The second-order valence-electron chi connectivity index (χ2n) is 8.79. The van der Waals surface area contributed by atoms with Crippen LogP contribution in [0.2, 0.25) is 10.0 Å². The number of nitrogens with zero attached hydrogens (tertiary/aromatic N) is 1. The Balaban J connectivity index is 1.46. The fourth-order valence-electron chi connectivity index (χ4n) is 4.49. The number of nitrogens with one attached hydrogen (secondary N) is 1. The highest BCUT2D eigenvalue weighted by atomic mass is 35.5. The summed E-state index contributed by atoms with van der Waals surface area (Å²) >= 11 is 12.4. The van der Waals surface area contributed by atoms with E-state index in [4.69, 9.17) is 38.4 Å². The van der Waals surface area contributed by atoms with Gasteiger partial charge in [-0.25, -0.2) is 9.37 Å². The molecule has 0 unspecified atom stereocenters. The summed E-state index contributed by atoms with van der Waals surface area (Å²) in [6.07, 6.45) is 3.05. The molecule has 172 valence electrons. The molecule has 1 fully saturated rings. The molecule has 2 aromatic carbocycles. The topological polar surface area (TPSA) is 69.4 Å². The minimum atomic E-state index is -0.634. The Morgan fingerprint density at radius 3 is 2.76 bits per heavy atom. The van der Waals surface area contributed by atoms with E-state index in [0.717, 1.165) is 48.4 Å². The van der Waals surface area contributed by atoms with Crippen LogP contribution in [0.3, 0.4) is 0 Å². The molecule has 8 heteroatoms. The third kappa shape index (κ3) is 4.01. The van der Waals surface area contributed by atoms with Crippen LogP contribution in [0.4, 0.5) is 10.2 Å². The van der Waals surface area contributed by atoms with Crippen molar-refractivity contribution in [1.82, 2.24) is 10.3 Å². The van der Waals surface area contributed by atoms with E-state index in [1.165, 1.54) is 17.7 Å². The quantitative estimate of drug-likeness (QED) is 0.448. The van der Waals surface area contributed by atoms with E-state index in [1.54, 1.807) is 13.1 Å². The van der Waals surface area contributed by atoms with Crippen LogP contribution in [0.1, 0.15) is 36.1 Å². The fraction of sp³-hybridized carbons (Fsp3) is 0.320. The summed E-state index contributed by atoms with van der Waals surface area (Å²) in [5, 5.41) is 3.56. The SMILES string of the molecule is Cc1cc2c(cc1-c1cnc(N)c(O[C@H](C)c3c(Cl)ccc(F)c3Cl)c1)CCC1(CNC1)O2. The van der Waals surface area contributed by atoms with E-state index in [1.807, 2.05) is 13.0 Å². The van der Waals surface area contributed by atoms with E-state index in [0.29, 0.717) is 16.3 Å². The molecular formula is C25H24Cl2FN3O2. The largest absolute Gasteiger partial charge is 0.484 e. The average Bonchev–Trinajstić information content (AvgIpc) is 2.76. The number of fused-ring (bicyclic) bond motifs is 1. The lowest BCUT2D eigenvalue weighted by molar-refractivity contribution is -0.00234. The molecule has 0 radical (unpaired) electrons. The Morgan fingerprint density at radius 2 is 2.03 bits per heavy atom. The van der Waals surface area contributed by atoms with E-state index >= 15 is 0 Å². The van der Waals surface area contributed by atoms with Crippen LogP contribution in [0, 0.1) is 12.7 Å². The van der Waals surface area contributed by atoms with Crippen LogP contribution in [0.5, 0.6) is 11.5 Å². The molecule has 33 heavy (non-hydrogen) atoms. The molecule has 0 bridgehead atoms. The van der Waals surface area contributed by atoms with Gasteiger partial charge in [0.15, 0.2) is 11.6 Å². The highest BCUT2D eigenvalue weighted by Crippen LogP contribution is 2.41. The zero-order valence-electron chi connectivity index (χ0n) is 18.3. The van der Waals surface area contributed by atoms with Crippen LogP contribution in [0.15, 0.2) is 36.5 Å². The number of benzene rings is 2. The van der Waals surface area contributed by atoms with Crippen LogP contribution in [0.25, 0.3) is 11.1 Å². The van der Waals surface area contributed by atoms with Crippen molar-refractivity contribution in [3.8, 4) is 22.6 Å². The number of nitrogens with two attached hydrogens (primary N) is 1. The summed E-state index contributed by atoms with van der Waals surface area (Å²) in [6, 6.07) is 8.78. The van der Waals surface area contributed by atoms with Crippen molar-refractivity contribution >= 4 is 29.0 Å². The molecule has 2 aliphatic heterocycles. The predicted molar refractivity (Wildman–Crippen MR) is 129 cm³/mol. The molecule has 1 saturated heterocycles. The van der Waals surface area contributed by atoms with Crippen molar-refractivity contribution in [2.45, 2.75) is 38.4 Å². The molecule has 1 atom stereocenters. The third-order valence-corrected chi connectivity index (χ3v) is 7.17. The Morgan fingerprint density at radius 1 is 1.24 bits per heavy atom. The molecule has 0 aliphatic carbocycles. The van der Waals surface area contributed by atoms with Crippen molar-refractivity contribution < 1.29 is 13.9 Å². The number of halogens is 3. The summed E-state index contributed by atoms with van der Waals surface area (Å²) in [4.78, 5) is 4.34. The van der Waals surface area contributed by atoms with Gasteiger partial charge in [0, 0.05) is 35.4 Å². The van der Waals surface area contributed by atoms with Gasteiger partial charge < -0.3 is 20.5 Å². The number of pyridine rings is 1. The van der Waals surface area contributed by atoms with Crippen molar-refractivity contribution in [2.75, 3.05) is 18.8 Å². The maximum Gasteiger partial charge on any atom is 0.166 e. The van der Waals surface area contributed by atoms with Crippen molar-refractivity contribution in [1.29, 1.82) is 0 Å². The molecule has 5 nitrogen and oxygen atoms in total. The fourth-order valence-corrected chi connectivity index (χ4v) is 5.17. The molecule has 1 spiro atoms. The van der Waals surface area contributed by atoms with Crippen molar-refractivity contribution in [2.24, 2.45) is 0 Å². The van der Waals surface area contributed by atoms with Crippen LogP contribution < -0.4 is 20.5 Å². The smallest absolute Gasteiger partial charge is 0.166 e. The second-order valence-corrected chi connectivity index (χ2v) is 9.57. The standard InChI is InChI=1S/C25H24Cl2FN3O2/c1-13-7-20-15(5-6-25(33-20)11-30-12-25)8-17(13)16-9-21(24(29)31-10-16)32-14(2)22-18(26)3-4-19(28)23(22)27/h3-4,7-10,14,30H,5-6,11-12H2,1-2H3,(H2,29,31)/t14-/m1/s1. The van der Waals surface area contributed by atoms with Gasteiger partial charge in [0.25, 0.3) is 0 Å². The molecule has 2 aliphatic rings. The van der Waals surface area contributed by atoms with Gasteiger partial charge in [-0.15, -0.1) is 0 Å². The lowest BCUT2D eigenvalue weighted by atomic mass is 9.85. The lowest BCUT2D eigenvalue weighted by Crippen LogP contribution is -2.64. The average molecular weight is 488 g/mol. The maximum absolute atomic E-state index is 14.0. The van der Waals surface area contributed by atoms with Gasteiger partial charge in [-0.2, -0.15) is 0 Å². The maximum atomic E-state index is 14.0. The lowest BCUT2D eigenvalue weighted by Gasteiger charge is -2.46. The Labute approximate surface area is 202 Å². The molecule has 3 heterocycles. The number of anilines is 1. The van der Waals surface area contributed by atoms with Gasteiger partial charge in [-0.05, 0) is 73.7 Å². The Kier molecular flexibility index (Phi) is 5.63. The van der Waals surface area contributed by atoms with Crippen molar-refractivity contribution in [3.05, 3.63) is 69.1 Å². The summed E-state index contributed by atoms with van der Waals surface area (Å²) in [5.41, 5.74) is 10.6. The van der Waals surface area contributed by atoms with Crippen LogP contribution in [-0.4, -0.2) is 23.7 Å². The summed E-state index contributed by atoms with van der Waals surface area (Å²) in [6.45, 7) is 5.58. The number of hydrogen-bond acceptors (Lipinski definition) is 5. The summed E-state index contributed by atoms with van der Waals surface area (Å²) in [7, 11) is 0. The number of aromatic nitrogens is 1. The molecule has 5 rings (SSSR count). The molecular weight excluding hydrogens is 464 g/mol. The number of rotatable bonds is 4. The second kappa shape index (κ2) is 8.35. The normalized spacial score (nSPS) is 17.1. The summed E-state index contributed by atoms with van der Waals surface area (Å²) in [5.74, 6) is 1.00. The minimum Gasteiger partial charge on any atom is -0.484 e. The third-order valence-electron chi connectivity index (χ3n) is 6.46. The Bertz CT molecular complexity index is 1250. The molecule has 0 saturated carbocycles. The van der Waals surface area contributed by atoms with E-state index in [-0.39, 0.29) is 16.4 Å². The number of nitrogen functional groups attached to an aromatic ring is 1. The number of hydrogen-bond donors (Lipinski definition) is 2. The molecule has 1 aromatic heterocycles. The predicted octanol–water partition coefficient (Wildman–Crippen LogP) is 5.89.